The third-order valence-electron chi connectivity index (χ3n) is 8.46. The first-order valence-corrected chi connectivity index (χ1v) is 10.2. The normalized spacial score (nSPS) is 44.2. The molecule has 0 spiro atoms. The second kappa shape index (κ2) is 4.91. The van der Waals surface area contributed by atoms with Crippen molar-refractivity contribution in [2.24, 2.45) is 40.9 Å². The number of hydrogen-bond acceptors (Lipinski definition) is 2. The van der Waals surface area contributed by atoms with Gasteiger partial charge in [0.25, 0.3) is 0 Å². The summed E-state index contributed by atoms with van der Waals surface area (Å²) in [5.74, 6) is 4.72. The maximum atomic E-state index is 13.5. The molecule has 0 aliphatic heterocycles. The predicted octanol–water partition coefficient (Wildman–Crippen LogP) is 4.69. The number of hydrogen-bond donors (Lipinski definition) is 0. The van der Waals surface area contributed by atoms with Crippen LogP contribution < -0.4 is 4.74 Å². The van der Waals surface area contributed by atoms with E-state index in [2.05, 4.69) is 43.4 Å². The number of fused-ring (bicyclic) bond motifs is 11. The van der Waals surface area contributed by atoms with Crippen molar-refractivity contribution in [3.63, 3.8) is 0 Å². The molecule has 26 heavy (non-hydrogen) atoms. The van der Waals surface area contributed by atoms with E-state index >= 15 is 0 Å². The minimum Gasteiger partial charge on any atom is -0.497 e. The lowest BCUT2D eigenvalue weighted by Gasteiger charge is -2.46. The number of carbonyl (C=O) groups excluding carboxylic acids is 1. The van der Waals surface area contributed by atoms with Crippen LogP contribution in [0.5, 0.6) is 5.75 Å². The number of rotatable bonds is 1. The standard InChI is InChI=1S/C24H26O2/c1-24-10-9-18-17-8-6-16(26-2)12-13(17)5-7-19(18)22(24)20-14-3-4-15(11-14)21(20)23(24)25/h3-4,6,8-9,12,14-15,19-22H,5,7,10-11H2,1-2H3/t14-,15+,19+,20?,21?,22+,24-/m0/s1. The number of Topliss-reactive ketones (excluding diaryl/α,β-unsaturated/α-hetero) is 1. The molecule has 2 fully saturated rings. The van der Waals surface area contributed by atoms with Gasteiger partial charge in [-0.05, 0) is 84.1 Å². The average Bonchev–Trinajstić information content (AvgIpc) is 3.33. The lowest BCUT2D eigenvalue weighted by molar-refractivity contribution is -0.130. The van der Waals surface area contributed by atoms with Gasteiger partial charge in [-0.3, -0.25) is 4.79 Å². The number of allylic oxidation sites excluding steroid dienone is 4. The van der Waals surface area contributed by atoms with Crippen molar-refractivity contribution in [2.45, 2.75) is 32.6 Å². The number of methoxy groups -OCH3 is 1. The van der Waals surface area contributed by atoms with Crippen LogP contribution in [0.2, 0.25) is 0 Å². The summed E-state index contributed by atoms with van der Waals surface area (Å²) >= 11 is 0. The molecule has 2 saturated carbocycles. The molecule has 0 heterocycles. The molecule has 5 aliphatic rings. The lowest BCUT2D eigenvalue weighted by Crippen LogP contribution is -2.41. The van der Waals surface area contributed by atoms with Crippen LogP contribution in [-0.2, 0) is 11.2 Å². The van der Waals surface area contributed by atoms with Crippen LogP contribution in [0.4, 0.5) is 0 Å². The van der Waals surface area contributed by atoms with Crippen LogP contribution in [0, 0.1) is 40.9 Å². The zero-order valence-corrected chi connectivity index (χ0v) is 15.6. The first kappa shape index (κ1) is 15.2. The van der Waals surface area contributed by atoms with Crippen LogP contribution in [0.3, 0.4) is 0 Å². The Kier molecular flexibility index (Phi) is 2.88. The first-order valence-electron chi connectivity index (χ1n) is 10.2. The van der Waals surface area contributed by atoms with Gasteiger partial charge in [0.15, 0.2) is 0 Å². The molecule has 6 rings (SSSR count). The molecule has 0 amide bonds. The topological polar surface area (TPSA) is 26.3 Å². The van der Waals surface area contributed by atoms with E-state index in [1.54, 1.807) is 7.11 Å². The summed E-state index contributed by atoms with van der Waals surface area (Å²) in [5.41, 5.74) is 4.23. The van der Waals surface area contributed by atoms with Gasteiger partial charge in [-0.1, -0.05) is 31.2 Å². The highest BCUT2D eigenvalue weighted by Crippen LogP contribution is 2.68. The summed E-state index contributed by atoms with van der Waals surface area (Å²) in [6, 6.07) is 6.56. The summed E-state index contributed by atoms with van der Waals surface area (Å²) < 4.78 is 5.43. The second-order valence-electron chi connectivity index (χ2n) is 9.39. The molecule has 7 atom stereocenters. The zero-order chi connectivity index (χ0) is 17.6. The maximum Gasteiger partial charge on any atom is 0.143 e. The average molecular weight is 346 g/mol. The van der Waals surface area contributed by atoms with Crippen molar-refractivity contribution in [3.05, 3.63) is 47.6 Å². The van der Waals surface area contributed by atoms with E-state index in [1.807, 2.05) is 0 Å². The molecule has 1 aromatic carbocycles. The molecule has 2 bridgehead atoms. The molecule has 2 nitrogen and oxygen atoms in total. The molecule has 0 N–H and O–H groups in total. The highest BCUT2D eigenvalue weighted by Gasteiger charge is 2.66. The van der Waals surface area contributed by atoms with Gasteiger partial charge in [-0.25, -0.2) is 0 Å². The van der Waals surface area contributed by atoms with E-state index in [0.29, 0.717) is 41.3 Å². The number of benzene rings is 1. The van der Waals surface area contributed by atoms with E-state index in [9.17, 15) is 4.79 Å². The molecule has 0 saturated heterocycles. The summed E-state index contributed by atoms with van der Waals surface area (Å²) in [6.45, 7) is 2.29. The molecular weight excluding hydrogens is 320 g/mol. The maximum absolute atomic E-state index is 13.5. The van der Waals surface area contributed by atoms with Crippen molar-refractivity contribution in [3.8, 4) is 5.75 Å². The summed E-state index contributed by atoms with van der Waals surface area (Å²) in [6.07, 6.45) is 11.7. The Labute approximate surface area is 155 Å². The first-order chi connectivity index (χ1) is 12.6. The largest absolute Gasteiger partial charge is 0.497 e. The van der Waals surface area contributed by atoms with Crippen LogP contribution >= 0.6 is 0 Å². The highest BCUT2D eigenvalue weighted by atomic mass is 16.5. The monoisotopic (exact) mass is 346 g/mol. The third-order valence-corrected chi connectivity index (χ3v) is 8.46. The van der Waals surface area contributed by atoms with Crippen LogP contribution in [0.25, 0.3) is 5.57 Å². The Bertz CT molecular complexity index is 878. The Hall–Kier alpha value is -1.83. The Balaban J connectivity index is 1.46. The van der Waals surface area contributed by atoms with Gasteiger partial charge in [0, 0.05) is 11.3 Å². The zero-order valence-electron chi connectivity index (χ0n) is 15.6. The van der Waals surface area contributed by atoms with Crippen molar-refractivity contribution < 1.29 is 9.53 Å². The second-order valence-corrected chi connectivity index (χ2v) is 9.39. The fourth-order valence-electron chi connectivity index (χ4n) is 7.45. The molecule has 5 aliphatic carbocycles. The number of ketones is 1. The van der Waals surface area contributed by atoms with Gasteiger partial charge in [0.05, 0.1) is 7.11 Å². The molecule has 2 heteroatoms. The van der Waals surface area contributed by atoms with Gasteiger partial charge in [-0.15, -0.1) is 0 Å². The predicted molar refractivity (Wildman–Crippen MR) is 102 cm³/mol. The van der Waals surface area contributed by atoms with E-state index in [0.717, 1.165) is 18.6 Å². The van der Waals surface area contributed by atoms with Gasteiger partial charge < -0.3 is 4.74 Å². The Morgan fingerprint density at radius 3 is 2.88 bits per heavy atom. The molecule has 134 valence electrons. The fourth-order valence-corrected chi connectivity index (χ4v) is 7.45. The fraction of sp³-hybridized carbons (Fsp3) is 0.542. The smallest absolute Gasteiger partial charge is 0.143 e. The van der Waals surface area contributed by atoms with E-state index in [4.69, 9.17) is 4.74 Å². The Morgan fingerprint density at radius 2 is 2.04 bits per heavy atom. The SMILES string of the molecule is COc1ccc2c(c1)CC[C@@H]1C2=CC[C@]2(C)C(=O)C3C([C@H]4C=C[C@@H]3C4)[C@@H]12. The van der Waals surface area contributed by atoms with Crippen molar-refractivity contribution in [1.29, 1.82) is 0 Å². The van der Waals surface area contributed by atoms with Crippen molar-refractivity contribution in [2.75, 3.05) is 7.11 Å². The van der Waals surface area contributed by atoms with Crippen LogP contribution in [-0.4, -0.2) is 12.9 Å². The molecule has 1 aromatic rings. The van der Waals surface area contributed by atoms with E-state index in [1.165, 1.54) is 29.5 Å². The number of ether oxygens (including phenoxy) is 1. The number of carbonyl (C=O) groups is 1. The molecule has 0 aromatic heterocycles. The summed E-state index contributed by atoms with van der Waals surface area (Å²) in [4.78, 5) is 13.5. The molecule has 0 radical (unpaired) electrons. The third kappa shape index (κ3) is 1.67. The van der Waals surface area contributed by atoms with Crippen molar-refractivity contribution >= 4 is 11.4 Å². The van der Waals surface area contributed by atoms with Gasteiger partial charge in [0.1, 0.15) is 11.5 Å². The molecular formula is C24H26O2. The highest BCUT2D eigenvalue weighted by molar-refractivity contribution is 5.93. The van der Waals surface area contributed by atoms with E-state index < -0.39 is 0 Å². The Morgan fingerprint density at radius 1 is 1.19 bits per heavy atom. The molecule has 2 unspecified atom stereocenters. The lowest BCUT2D eigenvalue weighted by atomic mass is 9.57. The van der Waals surface area contributed by atoms with Gasteiger partial charge >= 0.3 is 0 Å². The summed E-state index contributed by atoms with van der Waals surface area (Å²) in [7, 11) is 1.74. The van der Waals surface area contributed by atoms with Gasteiger partial charge in [-0.2, -0.15) is 0 Å². The quantitative estimate of drug-likeness (QED) is 0.690. The van der Waals surface area contributed by atoms with E-state index in [-0.39, 0.29) is 5.41 Å². The van der Waals surface area contributed by atoms with Crippen molar-refractivity contribution in [1.82, 2.24) is 0 Å². The van der Waals surface area contributed by atoms with Gasteiger partial charge in [0.2, 0.25) is 0 Å². The van der Waals surface area contributed by atoms with Crippen LogP contribution in [0.1, 0.15) is 37.3 Å². The minimum absolute atomic E-state index is 0.129. The summed E-state index contributed by atoms with van der Waals surface area (Å²) in [5, 5.41) is 0. The minimum atomic E-state index is -0.129. The number of aryl methyl sites for hydroxylation is 1. The van der Waals surface area contributed by atoms with Crippen LogP contribution in [0.15, 0.2) is 36.4 Å².